The number of nitrogens with zero attached hydrogens (tertiary/aromatic N) is 1. The molecule has 1 aromatic rings. The Morgan fingerprint density at radius 3 is 2.62 bits per heavy atom. The second kappa shape index (κ2) is 8.51. The van der Waals surface area contributed by atoms with Crippen molar-refractivity contribution in [3.05, 3.63) is 33.9 Å². The molecule has 1 rings (SSSR count). The van der Waals surface area contributed by atoms with Gasteiger partial charge in [-0.05, 0) is 32.8 Å². The molecule has 0 atom stereocenters. The third kappa shape index (κ3) is 6.03. The van der Waals surface area contributed by atoms with E-state index in [0.29, 0.717) is 13.2 Å². The van der Waals surface area contributed by atoms with Crippen molar-refractivity contribution >= 4 is 11.4 Å². The minimum Gasteiger partial charge on any atom is -0.385 e. The number of nitro groups is 1. The number of anilines is 1. The van der Waals surface area contributed by atoms with Crippen LogP contribution in [0.1, 0.15) is 38.7 Å². The maximum atomic E-state index is 12.9. The van der Waals surface area contributed by atoms with Crippen LogP contribution in [-0.4, -0.2) is 24.2 Å². The van der Waals surface area contributed by atoms with Crippen molar-refractivity contribution in [1.82, 2.24) is 0 Å². The van der Waals surface area contributed by atoms with Crippen LogP contribution in [0.2, 0.25) is 0 Å². The maximum Gasteiger partial charge on any atom is 0.270 e. The molecule has 0 fully saturated rings. The molecule has 1 aromatic carbocycles. The van der Waals surface area contributed by atoms with Crippen molar-refractivity contribution in [1.29, 1.82) is 0 Å². The Hall–Kier alpha value is -1.76. The normalized spacial score (nSPS) is 11.1. The van der Waals surface area contributed by atoms with Crippen LogP contribution in [0.4, 0.5) is 20.2 Å². The van der Waals surface area contributed by atoms with Crippen LogP contribution in [0.3, 0.4) is 0 Å². The average molecular weight is 302 g/mol. The molecule has 0 spiro atoms. The van der Waals surface area contributed by atoms with E-state index in [1.165, 1.54) is 12.1 Å². The molecule has 0 saturated carbocycles. The summed E-state index contributed by atoms with van der Waals surface area (Å²) in [5.41, 5.74) is -0.441. The van der Waals surface area contributed by atoms with E-state index in [1.54, 1.807) is 0 Å². The molecule has 0 radical (unpaired) electrons. The Morgan fingerprint density at radius 2 is 2.05 bits per heavy atom. The summed E-state index contributed by atoms with van der Waals surface area (Å²) in [6.07, 6.45) is -0.982. The van der Waals surface area contributed by atoms with Crippen LogP contribution in [0.25, 0.3) is 0 Å². The Kier molecular flexibility index (Phi) is 7.01. The molecule has 0 aliphatic carbocycles. The highest BCUT2D eigenvalue weighted by Gasteiger charge is 2.17. The fraction of sp³-hybridized carbons (Fsp3) is 0.571. The van der Waals surface area contributed by atoms with Gasteiger partial charge in [-0.25, -0.2) is 8.78 Å². The van der Waals surface area contributed by atoms with Crippen molar-refractivity contribution in [3.8, 4) is 0 Å². The Bertz CT molecular complexity index is 468. The molecule has 7 heteroatoms. The number of ether oxygens (including phenoxy) is 1. The van der Waals surface area contributed by atoms with E-state index in [1.807, 2.05) is 13.8 Å². The SMILES string of the molecule is CC(C)OCCCCNc1ccc([N+](=O)[O-])cc1C(F)F. The number of nitro benzene ring substituents is 1. The molecular weight excluding hydrogens is 282 g/mol. The molecule has 0 heterocycles. The molecule has 118 valence electrons. The van der Waals surface area contributed by atoms with Gasteiger partial charge in [-0.3, -0.25) is 10.1 Å². The van der Waals surface area contributed by atoms with Crippen LogP contribution < -0.4 is 5.32 Å². The van der Waals surface area contributed by atoms with Crippen LogP contribution >= 0.6 is 0 Å². The smallest absolute Gasteiger partial charge is 0.270 e. The topological polar surface area (TPSA) is 64.4 Å². The molecule has 1 N–H and O–H groups in total. The molecule has 0 aliphatic rings. The van der Waals surface area contributed by atoms with E-state index in [0.717, 1.165) is 18.9 Å². The molecule has 21 heavy (non-hydrogen) atoms. The van der Waals surface area contributed by atoms with E-state index in [2.05, 4.69) is 5.32 Å². The molecule has 0 saturated heterocycles. The van der Waals surface area contributed by atoms with Gasteiger partial charge in [0.2, 0.25) is 0 Å². The predicted octanol–water partition coefficient (Wildman–Crippen LogP) is 4.15. The summed E-state index contributed by atoms with van der Waals surface area (Å²) in [6, 6.07) is 3.45. The lowest BCUT2D eigenvalue weighted by molar-refractivity contribution is -0.385. The van der Waals surface area contributed by atoms with Crippen molar-refractivity contribution in [3.63, 3.8) is 0 Å². The fourth-order valence-corrected chi connectivity index (χ4v) is 1.77. The van der Waals surface area contributed by atoms with Crippen molar-refractivity contribution < 1.29 is 18.4 Å². The summed E-state index contributed by atoms with van der Waals surface area (Å²) < 4.78 is 31.2. The average Bonchev–Trinajstić information content (AvgIpc) is 2.42. The minimum atomic E-state index is -2.75. The quantitative estimate of drug-likeness (QED) is 0.423. The van der Waals surface area contributed by atoms with Crippen LogP contribution in [0.5, 0.6) is 0 Å². The number of alkyl halides is 2. The van der Waals surface area contributed by atoms with Gasteiger partial charge >= 0.3 is 0 Å². The Morgan fingerprint density at radius 1 is 1.33 bits per heavy atom. The van der Waals surface area contributed by atoms with E-state index in [4.69, 9.17) is 4.74 Å². The number of non-ortho nitro benzene ring substituents is 1. The van der Waals surface area contributed by atoms with Gasteiger partial charge in [-0.1, -0.05) is 0 Å². The Balaban J connectivity index is 2.52. The third-order valence-electron chi connectivity index (χ3n) is 2.82. The van der Waals surface area contributed by atoms with Crippen molar-refractivity contribution in [2.45, 2.75) is 39.2 Å². The largest absolute Gasteiger partial charge is 0.385 e. The lowest BCUT2D eigenvalue weighted by Gasteiger charge is -2.12. The third-order valence-corrected chi connectivity index (χ3v) is 2.82. The molecule has 0 unspecified atom stereocenters. The number of hydrogen-bond donors (Lipinski definition) is 1. The monoisotopic (exact) mass is 302 g/mol. The minimum absolute atomic E-state index is 0.179. The lowest BCUT2D eigenvalue weighted by Crippen LogP contribution is -2.08. The molecule has 0 aliphatic heterocycles. The first kappa shape index (κ1) is 17.3. The molecule has 5 nitrogen and oxygen atoms in total. The van der Waals surface area contributed by atoms with Gasteiger partial charge in [0.25, 0.3) is 12.1 Å². The highest BCUT2D eigenvalue weighted by atomic mass is 19.3. The first-order chi connectivity index (χ1) is 9.91. The molecular formula is C14H20F2N2O3. The van der Waals surface area contributed by atoms with E-state index >= 15 is 0 Å². The second-order valence-electron chi connectivity index (χ2n) is 4.88. The maximum absolute atomic E-state index is 12.9. The number of benzene rings is 1. The standard InChI is InChI=1S/C14H20F2N2O3/c1-10(2)21-8-4-3-7-17-13-6-5-11(18(19)20)9-12(13)14(15)16/h5-6,9-10,14,17H,3-4,7-8H2,1-2H3. The van der Waals surface area contributed by atoms with E-state index < -0.39 is 11.3 Å². The zero-order valence-electron chi connectivity index (χ0n) is 12.1. The first-order valence-corrected chi connectivity index (χ1v) is 6.83. The molecule has 0 bridgehead atoms. The summed E-state index contributed by atoms with van der Waals surface area (Å²) in [5, 5.41) is 13.5. The number of unbranched alkanes of at least 4 members (excludes halogenated alkanes) is 1. The molecule has 0 amide bonds. The summed E-state index contributed by atoms with van der Waals surface area (Å²) >= 11 is 0. The van der Waals surface area contributed by atoms with E-state index in [-0.39, 0.29) is 23.0 Å². The molecule has 0 aromatic heterocycles. The van der Waals surface area contributed by atoms with Crippen molar-refractivity contribution in [2.24, 2.45) is 0 Å². The predicted molar refractivity (Wildman–Crippen MR) is 76.9 cm³/mol. The van der Waals surface area contributed by atoms with Crippen LogP contribution in [0.15, 0.2) is 18.2 Å². The number of hydrogen-bond acceptors (Lipinski definition) is 4. The van der Waals surface area contributed by atoms with Gasteiger partial charge < -0.3 is 10.1 Å². The lowest BCUT2D eigenvalue weighted by atomic mass is 10.1. The van der Waals surface area contributed by atoms with Gasteiger partial charge in [-0.15, -0.1) is 0 Å². The van der Waals surface area contributed by atoms with Crippen LogP contribution in [-0.2, 0) is 4.74 Å². The number of rotatable bonds is 9. The van der Waals surface area contributed by atoms with Crippen LogP contribution in [0, 0.1) is 10.1 Å². The highest BCUT2D eigenvalue weighted by Crippen LogP contribution is 2.30. The van der Waals surface area contributed by atoms with Gasteiger partial charge in [0.1, 0.15) is 0 Å². The van der Waals surface area contributed by atoms with Gasteiger partial charge in [0.15, 0.2) is 0 Å². The Labute approximate surface area is 122 Å². The van der Waals surface area contributed by atoms with E-state index in [9.17, 15) is 18.9 Å². The first-order valence-electron chi connectivity index (χ1n) is 6.83. The zero-order valence-corrected chi connectivity index (χ0v) is 12.1. The zero-order chi connectivity index (χ0) is 15.8. The highest BCUT2D eigenvalue weighted by molar-refractivity contribution is 5.56. The van der Waals surface area contributed by atoms with Gasteiger partial charge in [0, 0.05) is 36.5 Å². The summed E-state index contributed by atoms with van der Waals surface area (Å²) in [5.74, 6) is 0. The fourth-order valence-electron chi connectivity index (χ4n) is 1.77. The summed E-state index contributed by atoms with van der Waals surface area (Å²) in [6.45, 7) is 5.04. The summed E-state index contributed by atoms with van der Waals surface area (Å²) in [4.78, 5) is 9.92. The summed E-state index contributed by atoms with van der Waals surface area (Å²) in [7, 11) is 0. The second-order valence-corrected chi connectivity index (χ2v) is 4.88. The number of nitrogens with one attached hydrogen (secondary N) is 1. The number of halogens is 2. The van der Waals surface area contributed by atoms with Crippen molar-refractivity contribution in [2.75, 3.05) is 18.5 Å². The van der Waals surface area contributed by atoms with Gasteiger partial charge in [0.05, 0.1) is 11.0 Å². The van der Waals surface area contributed by atoms with Gasteiger partial charge in [-0.2, -0.15) is 0 Å².